The molecular weight excluding hydrogens is 344 g/mol. The van der Waals surface area contributed by atoms with Crippen molar-refractivity contribution < 1.29 is 14.7 Å². The summed E-state index contributed by atoms with van der Waals surface area (Å²) in [6.07, 6.45) is 1.50. The largest absolute Gasteiger partial charge is 0.476 e. The van der Waals surface area contributed by atoms with Crippen LogP contribution < -0.4 is 5.32 Å². The number of aromatic carboxylic acids is 1. The molecule has 3 aromatic rings. The third-order valence-electron chi connectivity index (χ3n) is 5.07. The molecule has 1 aromatic carbocycles. The molecule has 7 heteroatoms. The van der Waals surface area contributed by atoms with Gasteiger partial charge in [0, 0.05) is 30.6 Å². The molecule has 0 radical (unpaired) electrons. The van der Waals surface area contributed by atoms with Crippen molar-refractivity contribution >= 4 is 28.3 Å². The van der Waals surface area contributed by atoms with Crippen LogP contribution in [0.25, 0.3) is 16.4 Å². The van der Waals surface area contributed by atoms with Crippen molar-refractivity contribution in [3.8, 4) is 0 Å². The Morgan fingerprint density at radius 1 is 1.15 bits per heavy atom. The first-order chi connectivity index (χ1) is 12.8. The van der Waals surface area contributed by atoms with E-state index >= 15 is 0 Å². The first-order valence-electron chi connectivity index (χ1n) is 9.04. The Bertz CT molecular complexity index is 1060. The van der Waals surface area contributed by atoms with E-state index in [1.807, 2.05) is 30.0 Å². The summed E-state index contributed by atoms with van der Waals surface area (Å²) in [5, 5.41) is 13.7. The smallest absolute Gasteiger partial charge is 0.356 e. The molecule has 4 rings (SSSR count). The number of carbonyl (C=O) groups excluding carboxylic acids is 1. The number of imidazole rings is 1. The molecule has 3 heterocycles. The fraction of sp³-hybridized carbons (Fsp3) is 0.350. The van der Waals surface area contributed by atoms with Gasteiger partial charge in [-0.25, -0.2) is 9.78 Å². The summed E-state index contributed by atoms with van der Waals surface area (Å²) in [5.41, 5.74) is 2.71. The number of piperazine rings is 1. The maximum Gasteiger partial charge on any atom is 0.356 e. The molecular formula is C20H22N4O3. The molecule has 0 aliphatic carbocycles. The minimum absolute atomic E-state index is 0.0476. The van der Waals surface area contributed by atoms with Crippen LogP contribution in [0.1, 0.15) is 40.3 Å². The highest BCUT2D eigenvalue weighted by molar-refractivity contribution is 6.09. The summed E-state index contributed by atoms with van der Waals surface area (Å²) in [6.45, 7) is 7.32. The number of benzene rings is 1. The number of carboxylic acids is 1. The Hall–Kier alpha value is -2.93. The molecule has 2 aromatic heterocycles. The number of fused-ring (bicyclic) bond motifs is 3. The third kappa shape index (κ3) is 2.94. The van der Waals surface area contributed by atoms with E-state index in [0.717, 1.165) is 16.5 Å². The van der Waals surface area contributed by atoms with Crippen molar-refractivity contribution in [3.05, 3.63) is 47.4 Å². The lowest BCUT2D eigenvalue weighted by atomic mass is 10.0. The molecule has 1 aliphatic rings. The van der Waals surface area contributed by atoms with E-state index in [1.54, 1.807) is 10.5 Å². The lowest BCUT2D eigenvalue weighted by Crippen LogP contribution is -2.55. The van der Waals surface area contributed by atoms with Gasteiger partial charge in [-0.05, 0) is 39.0 Å². The van der Waals surface area contributed by atoms with Gasteiger partial charge in [-0.1, -0.05) is 11.6 Å². The molecule has 2 N–H and O–H groups in total. The van der Waals surface area contributed by atoms with Gasteiger partial charge in [-0.15, -0.1) is 0 Å². The molecule has 27 heavy (non-hydrogen) atoms. The molecule has 7 nitrogen and oxygen atoms in total. The van der Waals surface area contributed by atoms with Crippen LogP contribution in [0.2, 0.25) is 0 Å². The number of amides is 1. The minimum Gasteiger partial charge on any atom is -0.476 e. The van der Waals surface area contributed by atoms with E-state index in [4.69, 9.17) is 0 Å². The Morgan fingerprint density at radius 2 is 1.85 bits per heavy atom. The molecule has 1 aliphatic heterocycles. The zero-order chi connectivity index (χ0) is 19.3. The maximum atomic E-state index is 13.4. The second kappa shape index (κ2) is 6.35. The van der Waals surface area contributed by atoms with E-state index in [-0.39, 0.29) is 23.7 Å². The zero-order valence-electron chi connectivity index (χ0n) is 15.6. The molecule has 0 unspecified atom stereocenters. The van der Waals surface area contributed by atoms with Gasteiger partial charge in [0.25, 0.3) is 5.91 Å². The normalized spacial score (nSPS) is 20.3. The summed E-state index contributed by atoms with van der Waals surface area (Å²) in [4.78, 5) is 30.8. The van der Waals surface area contributed by atoms with Gasteiger partial charge in [-0.3, -0.25) is 9.20 Å². The molecule has 140 valence electrons. The van der Waals surface area contributed by atoms with E-state index in [9.17, 15) is 14.7 Å². The van der Waals surface area contributed by atoms with Gasteiger partial charge in [0.2, 0.25) is 0 Å². The zero-order valence-corrected chi connectivity index (χ0v) is 15.6. The van der Waals surface area contributed by atoms with Crippen LogP contribution in [-0.2, 0) is 0 Å². The lowest BCUT2D eigenvalue weighted by molar-refractivity contribution is 0.0671. The summed E-state index contributed by atoms with van der Waals surface area (Å²) in [7, 11) is 0. The Kier molecular flexibility index (Phi) is 4.11. The van der Waals surface area contributed by atoms with Crippen molar-refractivity contribution in [3.63, 3.8) is 0 Å². The molecule has 0 bridgehead atoms. The number of aryl methyl sites for hydroxylation is 1. The fourth-order valence-corrected chi connectivity index (χ4v) is 3.98. The molecule has 0 saturated carbocycles. The SMILES string of the molecule is Cc1ccc2c(c1)c(C(=O)N1C[C@@H](C)N[C@@H](C)C1)cc1c(C(=O)O)ncn12. The van der Waals surface area contributed by atoms with Gasteiger partial charge in [0.15, 0.2) is 5.69 Å². The first kappa shape index (κ1) is 17.5. The number of pyridine rings is 1. The number of rotatable bonds is 2. The number of carbonyl (C=O) groups is 2. The van der Waals surface area contributed by atoms with Crippen LogP contribution in [0.3, 0.4) is 0 Å². The van der Waals surface area contributed by atoms with Crippen LogP contribution >= 0.6 is 0 Å². The van der Waals surface area contributed by atoms with Crippen molar-refractivity contribution in [1.29, 1.82) is 0 Å². The van der Waals surface area contributed by atoms with Gasteiger partial charge in [0.1, 0.15) is 6.33 Å². The van der Waals surface area contributed by atoms with E-state index in [0.29, 0.717) is 24.2 Å². The molecule has 1 saturated heterocycles. The lowest BCUT2D eigenvalue weighted by Gasteiger charge is -2.36. The molecule has 2 atom stereocenters. The average molecular weight is 366 g/mol. The second-order valence-electron chi connectivity index (χ2n) is 7.41. The Balaban J connectivity index is 1.94. The fourth-order valence-electron chi connectivity index (χ4n) is 3.98. The summed E-state index contributed by atoms with van der Waals surface area (Å²) in [6, 6.07) is 7.91. The van der Waals surface area contributed by atoms with Gasteiger partial charge >= 0.3 is 5.97 Å². The number of nitrogens with zero attached hydrogens (tertiary/aromatic N) is 3. The summed E-state index contributed by atoms with van der Waals surface area (Å²) in [5.74, 6) is -1.18. The van der Waals surface area contributed by atoms with Crippen molar-refractivity contribution in [2.45, 2.75) is 32.9 Å². The van der Waals surface area contributed by atoms with Gasteiger partial charge in [-0.2, -0.15) is 0 Å². The number of aromatic nitrogens is 2. The highest BCUT2D eigenvalue weighted by atomic mass is 16.4. The quantitative estimate of drug-likeness (QED) is 0.727. The Morgan fingerprint density at radius 3 is 2.52 bits per heavy atom. The summed E-state index contributed by atoms with van der Waals surface area (Å²) < 4.78 is 1.73. The van der Waals surface area contributed by atoms with Crippen LogP contribution in [0.15, 0.2) is 30.6 Å². The standard InChI is InChI=1S/C20H22N4O3/c1-11-4-5-16-14(6-11)15(7-17-18(20(26)27)21-10-24(16)17)19(25)23-8-12(2)22-13(3)9-23/h4-7,10,12-13,22H,8-9H2,1-3H3,(H,26,27)/t12-,13+. The van der Waals surface area contributed by atoms with Crippen molar-refractivity contribution in [2.24, 2.45) is 0 Å². The van der Waals surface area contributed by atoms with Crippen LogP contribution in [0, 0.1) is 6.92 Å². The van der Waals surface area contributed by atoms with Crippen LogP contribution in [0.4, 0.5) is 0 Å². The number of hydrogen-bond acceptors (Lipinski definition) is 4. The van der Waals surface area contributed by atoms with Gasteiger partial charge < -0.3 is 15.3 Å². The highest BCUT2D eigenvalue weighted by Crippen LogP contribution is 2.26. The summed E-state index contributed by atoms with van der Waals surface area (Å²) >= 11 is 0. The van der Waals surface area contributed by atoms with Crippen molar-refractivity contribution in [1.82, 2.24) is 19.6 Å². The minimum atomic E-state index is -1.10. The second-order valence-corrected chi connectivity index (χ2v) is 7.41. The third-order valence-corrected chi connectivity index (χ3v) is 5.07. The van der Waals surface area contributed by atoms with Crippen LogP contribution in [0.5, 0.6) is 0 Å². The van der Waals surface area contributed by atoms with E-state index in [1.165, 1.54) is 6.33 Å². The molecule has 1 amide bonds. The predicted octanol–water partition coefficient (Wildman–Crippen LogP) is 2.32. The number of carboxylic acid groups (broad SMARTS) is 1. The topological polar surface area (TPSA) is 86.9 Å². The van der Waals surface area contributed by atoms with Crippen LogP contribution in [-0.4, -0.2) is 56.4 Å². The average Bonchev–Trinajstić information content (AvgIpc) is 3.03. The Labute approximate surface area is 156 Å². The number of hydrogen-bond donors (Lipinski definition) is 2. The number of nitrogens with one attached hydrogen (secondary N) is 1. The monoisotopic (exact) mass is 366 g/mol. The van der Waals surface area contributed by atoms with Crippen molar-refractivity contribution in [2.75, 3.05) is 13.1 Å². The van der Waals surface area contributed by atoms with E-state index < -0.39 is 5.97 Å². The van der Waals surface area contributed by atoms with Gasteiger partial charge in [0.05, 0.1) is 16.6 Å². The predicted molar refractivity (Wildman–Crippen MR) is 102 cm³/mol. The van der Waals surface area contributed by atoms with E-state index in [2.05, 4.69) is 24.1 Å². The first-order valence-corrected chi connectivity index (χ1v) is 9.04. The maximum absolute atomic E-state index is 13.4. The molecule has 1 fully saturated rings. The molecule has 0 spiro atoms. The highest BCUT2D eigenvalue weighted by Gasteiger charge is 2.28.